The number of piperidine rings is 1. The standard InChI is InChI=1S/C17H24N2O2/c1-2-7-18-8-9-19(13-15(18)4-1)14-5-6-16-17(12-14)21-11-3-10-20-16/h5-6,12,15H,1-4,7-11,13H2. The first kappa shape index (κ1) is 13.3. The van der Waals surface area contributed by atoms with Crippen molar-refractivity contribution in [1.82, 2.24) is 4.90 Å². The molecule has 0 aromatic heterocycles. The van der Waals surface area contributed by atoms with E-state index in [0.717, 1.165) is 50.3 Å². The van der Waals surface area contributed by atoms with Crippen LogP contribution in [-0.4, -0.2) is 50.3 Å². The van der Waals surface area contributed by atoms with Gasteiger partial charge in [-0.15, -0.1) is 0 Å². The zero-order chi connectivity index (χ0) is 14.1. The van der Waals surface area contributed by atoms with E-state index in [9.17, 15) is 0 Å². The first-order valence-electron chi connectivity index (χ1n) is 8.29. The first-order chi connectivity index (χ1) is 10.4. The van der Waals surface area contributed by atoms with Crippen molar-refractivity contribution in [2.45, 2.75) is 31.7 Å². The van der Waals surface area contributed by atoms with Crippen LogP contribution in [0.15, 0.2) is 18.2 Å². The van der Waals surface area contributed by atoms with Gasteiger partial charge < -0.3 is 14.4 Å². The normalized spacial score (nSPS) is 26.1. The van der Waals surface area contributed by atoms with Crippen LogP contribution >= 0.6 is 0 Å². The third-order valence-corrected chi connectivity index (χ3v) is 4.93. The van der Waals surface area contributed by atoms with Gasteiger partial charge in [-0.1, -0.05) is 6.42 Å². The molecule has 21 heavy (non-hydrogen) atoms. The molecule has 3 aliphatic heterocycles. The van der Waals surface area contributed by atoms with Crippen LogP contribution in [0.5, 0.6) is 11.5 Å². The molecule has 1 unspecified atom stereocenters. The molecule has 1 aromatic carbocycles. The molecule has 4 heteroatoms. The molecule has 2 fully saturated rings. The van der Waals surface area contributed by atoms with Crippen molar-refractivity contribution in [1.29, 1.82) is 0 Å². The molecule has 3 aliphatic rings. The summed E-state index contributed by atoms with van der Waals surface area (Å²) in [5.41, 5.74) is 1.28. The molecule has 4 nitrogen and oxygen atoms in total. The second kappa shape index (κ2) is 5.76. The van der Waals surface area contributed by atoms with Crippen molar-refractivity contribution in [2.24, 2.45) is 0 Å². The smallest absolute Gasteiger partial charge is 0.163 e. The van der Waals surface area contributed by atoms with Gasteiger partial charge in [-0.3, -0.25) is 4.90 Å². The fraction of sp³-hybridized carbons (Fsp3) is 0.647. The second-order valence-corrected chi connectivity index (χ2v) is 6.31. The minimum absolute atomic E-state index is 0.739. The van der Waals surface area contributed by atoms with Crippen LogP contribution in [0.25, 0.3) is 0 Å². The van der Waals surface area contributed by atoms with E-state index >= 15 is 0 Å². The Morgan fingerprint density at radius 2 is 1.81 bits per heavy atom. The molecule has 1 aromatic rings. The molecular formula is C17H24N2O2. The van der Waals surface area contributed by atoms with Gasteiger partial charge in [0.15, 0.2) is 11.5 Å². The molecule has 0 N–H and O–H groups in total. The fourth-order valence-corrected chi connectivity index (χ4v) is 3.74. The largest absolute Gasteiger partial charge is 0.490 e. The Bertz CT molecular complexity index is 506. The van der Waals surface area contributed by atoms with Crippen LogP contribution in [0, 0.1) is 0 Å². The van der Waals surface area contributed by atoms with Crippen LogP contribution in [-0.2, 0) is 0 Å². The number of nitrogens with zero attached hydrogens (tertiary/aromatic N) is 2. The number of fused-ring (bicyclic) bond motifs is 2. The van der Waals surface area contributed by atoms with Gasteiger partial charge >= 0.3 is 0 Å². The van der Waals surface area contributed by atoms with E-state index in [4.69, 9.17) is 9.47 Å². The Balaban J connectivity index is 1.52. The summed E-state index contributed by atoms with van der Waals surface area (Å²) in [4.78, 5) is 5.18. The summed E-state index contributed by atoms with van der Waals surface area (Å²) in [6.45, 7) is 6.27. The molecule has 1 atom stereocenters. The van der Waals surface area contributed by atoms with E-state index in [-0.39, 0.29) is 0 Å². The molecule has 0 aliphatic carbocycles. The van der Waals surface area contributed by atoms with Gasteiger partial charge in [-0.25, -0.2) is 0 Å². The van der Waals surface area contributed by atoms with Crippen molar-refractivity contribution in [2.75, 3.05) is 44.3 Å². The number of hydrogen-bond acceptors (Lipinski definition) is 4. The summed E-state index contributed by atoms with van der Waals surface area (Å²) in [5, 5.41) is 0. The Labute approximate surface area is 126 Å². The fourth-order valence-electron chi connectivity index (χ4n) is 3.74. The molecule has 4 rings (SSSR count). The molecule has 0 amide bonds. The average molecular weight is 288 g/mol. The number of ether oxygens (including phenoxy) is 2. The Morgan fingerprint density at radius 1 is 0.905 bits per heavy atom. The average Bonchev–Trinajstić information content (AvgIpc) is 2.79. The highest BCUT2D eigenvalue weighted by molar-refractivity contribution is 5.57. The minimum atomic E-state index is 0.739. The van der Waals surface area contributed by atoms with Gasteiger partial charge in [-0.05, 0) is 31.5 Å². The van der Waals surface area contributed by atoms with E-state index in [2.05, 4.69) is 28.0 Å². The third-order valence-electron chi connectivity index (χ3n) is 4.93. The molecule has 114 valence electrons. The molecule has 0 saturated carbocycles. The van der Waals surface area contributed by atoms with Crippen LogP contribution in [0.4, 0.5) is 5.69 Å². The predicted molar refractivity (Wildman–Crippen MR) is 83.5 cm³/mol. The zero-order valence-corrected chi connectivity index (χ0v) is 12.6. The number of anilines is 1. The maximum absolute atomic E-state index is 5.82. The number of benzene rings is 1. The number of piperazine rings is 1. The van der Waals surface area contributed by atoms with E-state index in [1.165, 1.54) is 38.0 Å². The van der Waals surface area contributed by atoms with Crippen LogP contribution in [0.2, 0.25) is 0 Å². The predicted octanol–water partition coefficient (Wildman–Crippen LogP) is 2.52. The van der Waals surface area contributed by atoms with Gasteiger partial charge in [0.1, 0.15) is 0 Å². The molecule has 2 saturated heterocycles. The van der Waals surface area contributed by atoms with Crippen molar-refractivity contribution in [3.8, 4) is 11.5 Å². The summed E-state index contributed by atoms with van der Waals surface area (Å²) in [6, 6.07) is 7.16. The molecule has 0 bridgehead atoms. The third kappa shape index (κ3) is 2.69. The van der Waals surface area contributed by atoms with Crippen LogP contribution < -0.4 is 14.4 Å². The maximum Gasteiger partial charge on any atom is 0.163 e. The van der Waals surface area contributed by atoms with Gasteiger partial charge in [0.05, 0.1) is 13.2 Å². The Kier molecular flexibility index (Phi) is 3.63. The van der Waals surface area contributed by atoms with E-state index in [0.29, 0.717) is 0 Å². The summed E-state index contributed by atoms with van der Waals surface area (Å²) < 4.78 is 11.5. The molecular weight excluding hydrogens is 264 g/mol. The van der Waals surface area contributed by atoms with E-state index in [1.54, 1.807) is 0 Å². The van der Waals surface area contributed by atoms with Gasteiger partial charge in [-0.2, -0.15) is 0 Å². The first-order valence-corrected chi connectivity index (χ1v) is 8.29. The summed E-state index contributed by atoms with van der Waals surface area (Å²) in [7, 11) is 0. The quantitative estimate of drug-likeness (QED) is 0.793. The van der Waals surface area contributed by atoms with Gasteiger partial charge in [0.2, 0.25) is 0 Å². The van der Waals surface area contributed by atoms with Crippen molar-refractivity contribution in [3.63, 3.8) is 0 Å². The maximum atomic E-state index is 5.82. The molecule has 3 heterocycles. The Morgan fingerprint density at radius 3 is 2.76 bits per heavy atom. The van der Waals surface area contributed by atoms with Crippen molar-refractivity contribution >= 4 is 5.69 Å². The van der Waals surface area contributed by atoms with E-state index < -0.39 is 0 Å². The van der Waals surface area contributed by atoms with Crippen LogP contribution in [0.3, 0.4) is 0 Å². The molecule has 0 spiro atoms. The minimum Gasteiger partial charge on any atom is -0.490 e. The second-order valence-electron chi connectivity index (χ2n) is 6.31. The number of hydrogen-bond donors (Lipinski definition) is 0. The lowest BCUT2D eigenvalue weighted by Crippen LogP contribution is -2.54. The lowest BCUT2D eigenvalue weighted by Gasteiger charge is -2.45. The number of rotatable bonds is 1. The van der Waals surface area contributed by atoms with Crippen molar-refractivity contribution in [3.05, 3.63) is 18.2 Å². The zero-order valence-electron chi connectivity index (χ0n) is 12.6. The lowest BCUT2D eigenvalue weighted by atomic mass is 9.99. The van der Waals surface area contributed by atoms with Gasteiger partial charge in [0.25, 0.3) is 0 Å². The molecule has 0 radical (unpaired) electrons. The highest BCUT2D eigenvalue weighted by atomic mass is 16.5. The Hall–Kier alpha value is -1.42. The monoisotopic (exact) mass is 288 g/mol. The van der Waals surface area contributed by atoms with Crippen molar-refractivity contribution < 1.29 is 9.47 Å². The summed E-state index contributed by atoms with van der Waals surface area (Å²) in [6.07, 6.45) is 5.07. The SMILES string of the molecule is c1cc2c(cc1N1CCN3CCCCC3C1)OCCCO2. The lowest BCUT2D eigenvalue weighted by molar-refractivity contribution is 0.133. The highest BCUT2D eigenvalue weighted by Crippen LogP contribution is 2.34. The highest BCUT2D eigenvalue weighted by Gasteiger charge is 2.29. The van der Waals surface area contributed by atoms with E-state index in [1.807, 2.05) is 0 Å². The summed E-state index contributed by atoms with van der Waals surface area (Å²) >= 11 is 0. The van der Waals surface area contributed by atoms with Crippen LogP contribution in [0.1, 0.15) is 25.7 Å². The topological polar surface area (TPSA) is 24.9 Å². The van der Waals surface area contributed by atoms with Gasteiger partial charge in [0, 0.05) is 43.9 Å². The summed E-state index contributed by atoms with van der Waals surface area (Å²) in [5.74, 6) is 1.81.